The maximum atomic E-state index is 13.4. The van der Waals surface area contributed by atoms with Gasteiger partial charge in [-0.15, -0.1) is 0 Å². The van der Waals surface area contributed by atoms with Crippen molar-refractivity contribution in [3.05, 3.63) is 57.3 Å². The Morgan fingerprint density at radius 3 is 2.72 bits per heavy atom. The van der Waals surface area contributed by atoms with Crippen LogP contribution in [0.3, 0.4) is 0 Å². The van der Waals surface area contributed by atoms with E-state index >= 15 is 0 Å². The third-order valence-corrected chi connectivity index (χ3v) is 7.16. The number of anilines is 1. The molecular weight excluding hydrogens is 445 g/mol. The lowest BCUT2D eigenvalue weighted by Crippen LogP contribution is -2.38. The fourth-order valence-electron chi connectivity index (χ4n) is 4.93. The molecule has 2 aliphatic heterocycles. The summed E-state index contributed by atoms with van der Waals surface area (Å²) in [6, 6.07) is 6.96. The van der Waals surface area contributed by atoms with Gasteiger partial charge in [0.15, 0.2) is 5.65 Å². The average Bonchev–Trinajstić information content (AvgIpc) is 3.38. The van der Waals surface area contributed by atoms with Crippen LogP contribution in [-0.2, 0) is 0 Å². The highest BCUT2D eigenvalue weighted by molar-refractivity contribution is 6.36. The van der Waals surface area contributed by atoms with Crippen molar-refractivity contribution in [2.24, 2.45) is 5.92 Å². The van der Waals surface area contributed by atoms with Crippen LogP contribution in [0.5, 0.6) is 0 Å². The number of carbonyl (C=O) groups is 1. The lowest BCUT2D eigenvalue weighted by molar-refractivity contribution is 0.0606. The number of halogens is 2. The van der Waals surface area contributed by atoms with Crippen LogP contribution >= 0.6 is 23.2 Å². The van der Waals surface area contributed by atoms with Crippen molar-refractivity contribution in [3.8, 4) is 0 Å². The Labute approximate surface area is 198 Å². The van der Waals surface area contributed by atoms with Gasteiger partial charge < -0.3 is 9.80 Å². The van der Waals surface area contributed by atoms with Crippen LogP contribution in [0.25, 0.3) is 5.65 Å². The van der Waals surface area contributed by atoms with Crippen molar-refractivity contribution < 1.29 is 4.79 Å². The van der Waals surface area contributed by atoms with Crippen molar-refractivity contribution in [3.63, 3.8) is 0 Å². The Bertz CT molecular complexity index is 1180. The summed E-state index contributed by atoms with van der Waals surface area (Å²) in [4.78, 5) is 22.6. The number of nitrogens with zero attached hydrogens (tertiary/aromatic N) is 5. The summed E-state index contributed by atoms with van der Waals surface area (Å²) < 4.78 is 1.85. The molecule has 5 rings (SSSR count). The zero-order valence-corrected chi connectivity index (χ0v) is 19.9. The molecule has 2 saturated heterocycles. The molecule has 0 spiro atoms. The number of hydrogen-bond acceptors (Lipinski definition) is 4. The molecule has 2 atom stereocenters. The van der Waals surface area contributed by atoms with Crippen LogP contribution in [0, 0.1) is 12.8 Å². The number of carbonyl (C=O) groups excluding carboxylic acids is 1. The second-order valence-electron chi connectivity index (χ2n) is 9.09. The molecule has 0 saturated carbocycles. The van der Waals surface area contributed by atoms with Crippen LogP contribution in [0.15, 0.2) is 30.5 Å². The van der Waals surface area contributed by atoms with Gasteiger partial charge in [-0.05, 0) is 56.7 Å². The third kappa shape index (κ3) is 3.95. The molecule has 2 aliphatic rings. The molecule has 32 heavy (non-hydrogen) atoms. The van der Waals surface area contributed by atoms with Gasteiger partial charge >= 0.3 is 0 Å². The van der Waals surface area contributed by atoms with Gasteiger partial charge in [-0.2, -0.15) is 5.10 Å². The zero-order valence-electron chi connectivity index (χ0n) is 18.4. The zero-order chi connectivity index (χ0) is 22.4. The molecule has 2 aromatic heterocycles. The topological polar surface area (TPSA) is 53.7 Å². The molecule has 168 valence electrons. The number of aromatic nitrogens is 3. The van der Waals surface area contributed by atoms with Crippen molar-refractivity contribution >= 4 is 40.6 Å². The Balaban J connectivity index is 1.47. The summed E-state index contributed by atoms with van der Waals surface area (Å²) in [6.07, 6.45) is 6.14. The second-order valence-corrected chi connectivity index (χ2v) is 9.94. The van der Waals surface area contributed by atoms with Crippen molar-refractivity contribution in [1.29, 1.82) is 0 Å². The number of rotatable bonds is 3. The quantitative estimate of drug-likeness (QED) is 0.501. The highest BCUT2D eigenvalue weighted by Crippen LogP contribution is 2.34. The van der Waals surface area contributed by atoms with E-state index in [1.807, 2.05) is 15.5 Å². The molecule has 0 aliphatic carbocycles. The summed E-state index contributed by atoms with van der Waals surface area (Å²) in [5, 5.41) is 5.73. The van der Waals surface area contributed by atoms with E-state index in [-0.39, 0.29) is 11.9 Å². The van der Waals surface area contributed by atoms with Crippen LogP contribution < -0.4 is 4.90 Å². The fourth-order valence-corrected chi connectivity index (χ4v) is 5.42. The van der Waals surface area contributed by atoms with E-state index in [0.29, 0.717) is 28.1 Å². The number of fused-ring (bicyclic) bond motifs is 1. The molecule has 8 heteroatoms. The number of likely N-dealkylation sites (tertiary alicyclic amines) is 1. The highest BCUT2D eigenvalue weighted by atomic mass is 35.5. The summed E-state index contributed by atoms with van der Waals surface area (Å²) in [5.41, 5.74) is 3.29. The Hall–Kier alpha value is -2.31. The van der Waals surface area contributed by atoms with Crippen molar-refractivity contribution in [2.45, 2.75) is 45.6 Å². The summed E-state index contributed by atoms with van der Waals surface area (Å²) in [6.45, 7) is 7.13. The first kappa shape index (κ1) is 21.5. The largest absolute Gasteiger partial charge is 0.356 e. The normalized spacial score (nSPS) is 21.5. The van der Waals surface area contributed by atoms with E-state index < -0.39 is 0 Å². The molecule has 1 amide bonds. The number of hydrogen-bond donors (Lipinski definition) is 0. The molecule has 0 bridgehead atoms. The lowest BCUT2D eigenvalue weighted by Gasteiger charge is -2.35. The summed E-state index contributed by atoms with van der Waals surface area (Å²) >= 11 is 12.4. The molecule has 1 aromatic carbocycles. The molecular formula is C24H27Cl2N5O. The predicted molar refractivity (Wildman–Crippen MR) is 128 cm³/mol. The van der Waals surface area contributed by atoms with Crippen molar-refractivity contribution in [2.75, 3.05) is 24.5 Å². The first-order chi connectivity index (χ1) is 15.4. The van der Waals surface area contributed by atoms with E-state index in [1.165, 1.54) is 6.42 Å². The van der Waals surface area contributed by atoms with Gasteiger partial charge in [0.05, 0.1) is 22.3 Å². The number of piperidine rings is 1. The van der Waals surface area contributed by atoms with Crippen LogP contribution in [-0.4, -0.2) is 45.0 Å². The molecule has 4 heterocycles. The van der Waals surface area contributed by atoms with Gasteiger partial charge in [0, 0.05) is 42.5 Å². The van der Waals surface area contributed by atoms with Gasteiger partial charge in [-0.25, -0.2) is 9.50 Å². The standard InChI is InChI=1S/C24H27Cl2N5O/c1-15-8-10-29(13-15)23-16(2)14-31-22(27-23)12-20(28-31)21-5-3-4-9-30(21)24(32)18-7-6-17(25)11-19(18)26/h6-7,11-12,14-15,21H,3-5,8-10,13H2,1-2H3/t15-,21-/m0/s1. The first-order valence-electron chi connectivity index (χ1n) is 11.3. The fraction of sp³-hybridized carbons (Fsp3) is 0.458. The molecule has 6 nitrogen and oxygen atoms in total. The maximum Gasteiger partial charge on any atom is 0.255 e. The van der Waals surface area contributed by atoms with Crippen LogP contribution in [0.1, 0.15) is 60.3 Å². The second kappa shape index (κ2) is 8.56. The average molecular weight is 472 g/mol. The summed E-state index contributed by atoms with van der Waals surface area (Å²) in [5.74, 6) is 1.65. The van der Waals surface area contributed by atoms with E-state index in [9.17, 15) is 4.79 Å². The SMILES string of the molecule is Cc1cn2nc([C@@H]3CCCCN3C(=O)c3ccc(Cl)cc3Cl)cc2nc1N1CC[C@H](C)C1. The monoisotopic (exact) mass is 471 g/mol. The minimum Gasteiger partial charge on any atom is -0.356 e. The van der Waals surface area contributed by atoms with Gasteiger partial charge in [0.2, 0.25) is 0 Å². The molecule has 3 aromatic rings. The highest BCUT2D eigenvalue weighted by Gasteiger charge is 2.32. The van der Waals surface area contributed by atoms with E-state index in [1.54, 1.807) is 18.2 Å². The Kier molecular flexibility index (Phi) is 5.76. The minimum absolute atomic E-state index is 0.0793. The van der Waals surface area contributed by atoms with Gasteiger partial charge in [-0.1, -0.05) is 30.1 Å². The van der Waals surface area contributed by atoms with Crippen LogP contribution in [0.2, 0.25) is 10.0 Å². The van der Waals surface area contributed by atoms with E-state index in [2.05, 4.69) is 24.9 Å². The predicted octanol–water partition coefficient (Wildman–Crippen LogP) is 5.56. The number of benzene rings is 1. The van der Waals surface area contributed by atoms with E-state index in [4.69, 9.17) is 33.3 Å². The molecule has 0 radical (unpaired) electrons. The summed E-state index contributed by atoms with van der Waals surface area (Å²) in [7, 11) is 0. The van der Waals surface area contributed by atoms with Crippen molar-refractivity contribution in [1.82, 2.24) is 19.5 Å². The number of amides is 1. The van der Waals surface area contributed by atoms with Gasteiger partial charge in [0.25, 0.3) is 5.91 Å². The third-order valence-electron chi connectivity index (χ3n) is 6.61. The minimum atomic E-state index is -0.0970. The number of aryl methyl sites for hydroxylation is 1. The Morgan fingerprint density at radius 1 is 1.12 bits per heavy atom. The van der Waals surface area contributed by atoms with Gasteiger partial charge in [0.1, 0.15) is 5.82 Å². The first-order valence-corrected chi connectivity index (χ1v) is 12.0. The van der Waals surface area contributed by atoms with E-state index in [0.717, 1.165) is 55.1 Å². The molecule has 2 fully saturated rings. The van der Waals surface area contributed by atoms with Crippen LogP contribution in [0.4, 0.5) is 5.82 Å². The Morgan fingerprint density at radius 2 is 1.97 bits per heavy atom. The maximum absolute atomic E-state index is 13.4. The molecule has 0 unspecified atom stereocenters. The molecule has 0 N–H and O–H groups in total. The van der Waals surface area contributed by atoms with Gasteiger partial charge in [-0.3, -0.25) is 4.79 Å². The lowest BCUT2D eigenvalue weighted by atomic mass is 9.98. The smallest absolute Gasteiger partial charge is 0.255 e.